The number of carbonyl (C=O) groups excluding carboxylic acids is 1. The monoisotopic (exact) mass is 355 g/mol. The Labute approximate surface area is 158 Å². The van der Waals surface area contributed by atoms with Gasteiger partial charge in [0.25, 0.3) is 5.91 Å². The van der Waals surface area contributed by atoms with Gasteiger partial charge in [-0.15, -0.1) is 0 Å². The van der Waals surface area contributed by atoms with Gasteiger partial charge in [0.2, 0.25) is 0 Å². The summed E-state index contributed by atoms with van der Waals surface area (Å²) in [6.07, 6.45) is 2.79. The van der Waals surface area contributed by atoms with Crippen LogP contribution in [-0.4, -0.2) is 22.4 Å². The number of nitrogens with zero attached hydrogens (tertiary/aromatic N) is 1. The fraction of sp³-hybridized carbons (Fsp3) is 0.130. The second-order valence-electron chi connectivity index (χ2n) is 6.56. The molecule has 0 saturated carbocycles. The highest BCUT2D eigenvalue weighted by atomic mass is 16.1. The zero-order valence-corrected chi connectivity index (χ0v) is 15.2. The highest BCUT2D eigenvalue weighted by Gasteiger charge is 2.11. The van der Waals surface area contributed by atoms with Crippen LogP contribution < -0.4 is 5.32 Å². The van der Waals surface area contributed by atoms with Gasteiger partial charge >= 0.3 is 0 Å². The van der Waals surface area contributed by atoms with Gasteiger partial charge in [-0.1, -0.05) is 48.5 Å². The third kappa shape index (κ3) is 3.60. The van der Waals surface area contributed by atoms with E-state index in [2.05, 4.69) is 27.4 Å². The third-order valence-electron chi connectivity index (χ3n) is 4.75. The van der Waals surface area contributed by atoms with Crippen LogP contribution in [0.15, 0.2) is 72.9 Å². The molecule has 4 aromatic rings. The standard InChI is InChI=1S/C23H21N3O/c1-16-19(11-12-21(26-16)17-7-3-2-4-8-17)23(27)24-14-13-18-15-25-22-10-6-5-9-20(18)22/h2-12,15,25H,13-14H2,1H3,(H,24,27). The molecular weight excluding hydrogens is 334 g/mol. The number of fused-ring (bicyclic) bond motifs is 1. The summed E-state index contributed by atoms with van der Waals surface area (Å²) in [5.74, 6) is -0.0838. The molecule has 0 radical (unpaired) electrons. The molecule has 0 spiro atoms. The summed E-state index contributed by atoms with van der Waals surface area (Å²) in [6, 6.07) is 21.9. The molecule has 2 heterocycles. The Balaban J connectivity index is 1.42. The normalized spacial score (nSPS) is 10.9. The molecule has 0 bridgehead atoms. The molecule has 2 aromatic heterocycles. The number of pyridine rings is 1. The number of aromatic nitrogens is 2. The van der Waals surface area contributed by atoms with Gasteiger partial charge in [0.1, 0.15) is 0 Å². The number of hydrogen-bond donors (Lipinski definition) is 2. The fourth-order valence-corrected chi connectivity index (χ4v) is 3.32. The Kier molecular flexibility index (Phi) is 4.71. The van der Waals surface area contributed by atoms with E-state index >= 15 is 0 Å². The predicted molar refractivity (Wildman–Crippen MR) is 109 cm³/mol. The maximum Gasteiger partial charge on any atom is 0.253 e. The number of benzene rings is 2. The lowest BCUT2D eigenvalue weighted by atomic mass is 10.1. The van der Waals surface area contributed by atoms with Crippen molar-refractivity contribution in [2.24, 2.45) is 0 Å². The first kappa shape index (κ1) is 17.0. The highest BCUT2D eigenvalue weighted by Crippen LogP contribution is 2.19. The van der Waals surface area contributed by atoms with E-state index < -0.39 is 0 Å². The van der Waals surface area contributed by atoms with E-state index in [1.807, 2.05) is 67.7 Å². The van der Waals surface area contributed by atoms with E-state index in [1.165, 1.54) is 10.9 Å². The average molecular weight is 355 g/mol. The van der Waals surface area contributed by atoms with Gasteiger partial charge in [-0.3, -0.25) is 9.78 Å². The van der Waals surface area contributed by atoms with Gasteiger partial charge < -0.3 is 10.3 Å². The van der Waals surface area contributed by atoms with Gasteiger partial charge in [0.05, 0.1) is 17.0 Å². The Bertz CT molecular complexity index is 1080. The SMILES string of the molecule is Cc1nc(-c2ccccc2)ccc1C(=O)NCCc1c[nH]c2ccccc12. The van der Waals surface area contributed by atoms with Crippen molar-refractivity contribution in [3.63, 3.8) is 0 Å². The van der Waals surface area contributed by atoms with E-state index in [4.69, 9.17) is 0 Å². The van der Waals surface area contributed by atoms with Crippen LogP contribution >= 0.6 is 0 Å². The van der Waals surface area contributed by atoms with Crippen molar-refractivity contribution in [2.45, 2.75) is 13.3 Å². The first-order valence-corrected chi connectivity index (χ1v) is 9.08. The summed E-state index contributed by atoms with van der Waals surface area (Å²) in [7, 11) is 0. The van der Waals surface area contributed by atoms with Gasteiger partial charge in [-0.2, -0.15) is 0 Å². The van der Waals surface area contributed by atoms with Crippen molar-refractivity contribution in [1.82, 2.24) is 15.3 Å². The summed E-state index contributed by atoms with van der Waals surface area (Å²) in [6.45, 7) is 2.46. The molecule has 0 aliphatic heterocycles. The van der Waals surface area contributed by atoms with Gasteiger partial charge in [0, 0.05) is 29.2 Å². The Morgan fingerprint density at radius 2 is 1.78 bits per heavy atom. The van der Waals surface area contributed by atoms with Crippen LogP contribution in [0.2, 0.25) is 0 Å². The molecule has 0 saturated heterocycles. The van der Waals surface area contributed by atoms with Crippen molar-refractivity contribution in [2.75, 3.05) is 6.54 Å². The van der Waals surface area contributed by atoms with Crippen LogP contribution in [-0.2, 0) is 6.42 Å². The predicted octanol–water partition coefficient (Wildman–Crippen LogP) is 4.51. The number of H-pyrrole nitrogens is 1. The molecule has 0 fully saturated rings. The maximum absolute atomic E-state index is 12.5. The molecule has 4 rings (SSSR count). The number of amides is 1. The minimum atomic E-state index is -0.0838. The maximum atomic E-state index is 12.5. The summed E-state index contributed by atoms with van der Waals surface area (Å²) < 4.78 is 0. The molecule has 4 heteroatoms. The van der Waals surface area contributed by atoms with E-state index in [9.17, 15) is 4.79 Å². The highest BCUT2D eigenvalue weighted by molar-refractivity contribution is 5.95. The molecule has 0 unspecified atom stereocenters. The first-order valence-electron chi connectivity index (χ1n) is 9.08. The molecule has 2 aromatic carbocycles. The van der Waals surface area contributed by atoms with E-state index in [1.54, 1.807) is 0 Å². The van der Waals surface area contributed by atoms with Crippen LogP contribution in [0.5, 0.6) is 0 Å². The van der Waals surface area contributed by atoms with Crippen LogP contribution in [0.25, 0.3) is 22.2 Å². The number of hydrogen-bond acceptors (Lipinski definition) is 2. The average Bonchev–Trinajstić information content (AvgIpc) is 3.12. The summed E-state index contributed by atoms with van der Waals surface area (Å²) in [5.41, 5.74) is 5.61. The molecule has 134 valence electrons. The fourth-order valence-electron chi connectivity index (χ4n) is 3.32. The second kappa shape index (κ2) is 7.46. The topological polar surface area (TPSA) is 57.8 Å². The zero-order valence-electron chi connectivity index (χ0n) is 15.2. The van der Waals surface area contributed by atoms with E-state index in [0.717, 1.165) is 28.9 Å². The molecule has 27 heavy (non-hydrogen) atoms. The van der Waals surface area contributed by atoms with Gasteiger partial charge in [-0.25, -0.2) is 0 Å². The van der Waals surface area contributed by atoms with Crippen molar-refractivity contribution in [3.05, 3.63) is 89.7 Å². The lowest BCUT2D eigenvalue weighted by Crippen LogP contribution is -2.26. The van der Waals surface area contributed by atoms with Crippen molar-refractivity contribution in [3.8, 4) is 11.3 Å². The second-order valence-corrected chi connectivity index (χ2v) is 6.56. The summed E-state index contributed by atoms with van der Waals surface area (Å²) >= 11 is 0. The summed E-state index contributed by atoms with van der Waals surface area (Å²) in [4.78, 5) is 20.4. The lowest BCUT2D eigenvalue weighted by Gasteiger charge is -2.09. The van der Waals surface area contributed by atoms with Crippen LogP contribution in [0.3, 0.4) is 0 Å². The van der Waals surface area contributed by atoms with Crippen LogP contribution in [0, 0.1) is 6.92 Å². The van der Waals surface area contributed by atoms with E-state index in [0.29, 0.717) is 12.1 Å². The molecule has 0 aliphatic rings. The minimum absolute atomic E-state index is 0.0838. The molecule has 1 amide bonds. The smallest absolute Gasteiger partial charge is 0.253 e. The largest absolute Gasteiger partial charge is 0.361 e. The van der Waals surface area contributed by atoms with Crippen LogP contribution in [0.1, 0.15) is 21.6 Å². The van der Waals surface area contributed by atoms with E-state index in [-0.39, 0.29) is 5.91 Å². The third-order valence-corrected chi connectivity index (χ3v) is 4.75. The van der Waals surface area contributed by atoms with Gasteiger partial charge in [-0.05, 0) is 37.1 Å². The summed E-state index contributed by atoms with van der Waals surface area (Å²) in [5, 5.41) is 4.21. The molecule has 0 aliphatic carbocycles. The molecule has 0 atom stereocenters. The van der Waals surface area contributed by atoms with Crippen LogP contribution in [0.4, 0.5) is 0 Å². The Hall–Kier alpha value is -3.40. The minimum Gasteiger partial charge on any atom is -0.361 e. The quantitative estimate of drug-likeness (QED) is 0.553. The number of para-hydroxylation sites is 1. The molecule has 2 N–H and O–H groups in total. The molecular formula is C23H21N3O. The number of aryl methyl sites for hydroxylation is 1. The molecule has 4 nitrogen and oxygen atoms in total. The first-order chi connectivity index (χ1) is 13.2. The Morgan fingerprint density at radius 1 is 1.00 bits per heavy atom. The number of nitrogens with one attached hydrogen (secondary N) is 2. The zero-order chi connectivity index (χ0) is 18.6. The number of carbonyl (C=O) groups is 1. The Morgan fingerprint density at radius 3 is 2.59 bits per heavy atom. The number of rotatable bonds is 5. The van der Waals surface area contributed by atoms with Gasteiger partial charge in [0.15, 0.2) is 0 Å². The number of aromatic amines is 1. The van der Waals surface area contributed by atoms with Crippen molar-refractivity contribution >= 4 is 16.8 Å². The lowest BCUT2D eigenvalue weighted by molar-refractivity contribution is 0.0953. The van der Waals surface area contributed by atoms with Crippen molar-refractivity contribution < 1.29 is 4.79 Å². The van der Waals surface area contributed by atoms with Crippen molar-refractivity contribution in [1.29, 1.82) is 0 Å².